The van der Waals surface area contributed by atoms with Crippen LogP contribution in [0.3, 0.4) is 0 Å². The molecule has 9 nitrogen and oxygen atoms in total. The van der Waals surface area contributed by atoms with Crippen molar-refractivity contribution in [3.05, 3.63) is 92.7 Å². The van der Waals surface area contributed by atoms with Crippen LogP contribution in [-0.2, 0) is 9.53 Å². The number of halogens is 2. The van der Waals surface area contributed by atoms with Gasteiger partial charge in [-0.1, -0.05) is 0 Å². The second-order valence-electron chi connectivity index (χ2n) is 8.52. The van der Waals surface area contributed by atoms with Gasteiger partial charge in [0.2, 0.25) is 0 Å². The molecule has 1 saturated heterocycles. The average molecular weight is 523 g/mol. The Hall–Kier alpha value is -4.56. The zero-order valence-electron chi connectivity index (χ0n) is 20.2. The van der Waals surface area contributed by atoms with Gasteiger partial charge in [0, 0.05) is 36.6 Å². The molecule has 196 valence electrons. The Morgan fingerprint density at radius 3 is 2.42 bits per heavy atom. The number of carbonyl (C=O) groups is 1. The van der Waals surface area contributed by atoms with E-state index < -0.39 is 17.4 Å². The van der Waals surface area contributed by atoms with E-state index in [0.29, 0.717) is 44.8 Å². The first-order valence-electron chi connectivity index (χ1n) is 11.8. The predicted octanol–water partition coefficient (Wildman–Crippen LogP) is 5.05. The molecule has 0 bridgehead atoms. The summed E-state index contributed by atoms with van der Waals surface area (Å²) in [6.45, 7) is -0.579. The first kappa shape index (κ1) is 26.5. The lowest BCUT2D eigenvalue weighted by Gasteiger charge is -2.31. The number of ether oxygens (including phenoxy) is 2. The SMILES string of the molecule is N#CC(=CC1=C(N2CCOCC2)C(=Cc2ccc([N+](=O)[O-])cc2)CC1)C(=O)Nc1ccc(OC(F)F)cc1. The third kappa shape index (κ3) is 6.60. The number of amides is 1. The van der Waals surface area contributed by atoms with Crippen LogP contribution in [0.4, 0.5) is 20.2 Å². The number of hydrogen-bond donors (Lipinski definition) is 1. The highest BCUT2D eigenvalue weighted by Gasteiger charge is 2.26. The lowest BCUT2D eigenvalue weighted by molar-refractivity contribution is -0.384. The third-order valence-corrected chi connectivity index (χ3v) is 6.07. The zero-order chi connectivity index (χ0) is 27.1. The van der Waals surface area contributed by atoms with Gasteiger partial charge in [0.1, 0.15) is 17.4 Å². The van der Waals surface area contributed by atoms with Gasteiger partial charge in [-0.15, -0.1) is 0 Å². The van der Waals surface area contributed by atoms with E-state index in [1.807, 2.05) is 12.1 Å². The van der Waals surface area contributed by atoms with Gasteiger partial charge in [-0.25, -0.2) is 0 Å². The molecule has 2 aliphatic rings. The molecule has 0 spiro atoms. The molecule has 1 amide bonds. The predicted molar refractivity (Wildman–Crippen MR) is 135 cm³/mol. The summed E-state index contributed by atoms with van der Waals surface area (Å²) in [4.78, 5) is 25.5. The van der Waals surface area contributed by atoms with Gasteiger partial charge in [-0.2, -0.15) is 14.0 Å². The van der Waals surface area contributed by atoms with Gasteiger partial charge >= 0.3 is 6.61 Å². The molecule has 1 heterocycles. The maximum atomic E-state index is 12.9. The van der Waals surface area contributed by atoms with Gasteiger partial charge in [-0.05, 0) is 78.1 Å². The number of benzene rings is 2. The Labute approximate surface area is 217 Å². The topological polar surface area (TPSA) is 118 Å². The molecular formula is C27H24F2N4O5. The lowest BCUT2D eigenvalue weighted by Crippen LogP contribution is -2.36. The van der Waals surface area contributed by atoms with Gasteiger partial charge in [0.05, 0.1) is 18.1 Å². The summed E-state index contributed by atoms with van der Waals surface area (Å²) in [5.74, 6) is -0.677. The fourth-order valence-electron chi connectivity index (χ4n) is 4.32. The van der Waals surface area contributed by atoms with E-state index in [1.165, 1.54) is 36.4 Å². The van der Waals surface area contributed by atoms with Gasteiger partial charge < -0.3 is 19.7 Å². The second kappa shape index (κ2) is 12.1. The standard InChI is InChI=1S/C27H24F2N4O5/c28-27(29)38-24-9-5-22(6-10-24)31-26(34)21(17-30)16-20-4-3-19(25(20)32-11-13-37-14-12-32)15-18-1-7-23(8-2-18)33(35)36/h1-2,5-10,15-16,27H,3-4,11-14H2,(H,31,34). The average Bonchev–Trinajstić information content (AvgIpc) is 3.30. The fraction of sp³-hybridized carbons (Fsp3) is 0.259. The fourth-order valence-corrected chi connectivity index (χ4v) is 4.32. The number of carbonyl (C=O) groups excluding carboxylic acids is 1. The maximum Gasteiger partial charge on any atom is 0.387 e. The van der Waals surface area contributed by atoms with Gasteiger partial charge in [0.25, 0.3) is 11.6 Å². The number of nitro benzene ring substituents is 1. The van der Waals surface area contributed by atoms with E-state index >= 15 is 0 Å². The molecule has 1 aliphatic carbocycles. The highest BCUT2D eigenvalue weighted by Crippen LogP contribution is 2.37. The molecule has 0 atom stereocenters. The summed E-state index contributed by atoms with van der Waals surface area (Å²) in [5, 5.41) is 23.3. The number of nitrogens with zero attached hydrogens (tertiary/aromatic N) is 3. The smallest absolute Gasteiger partial charge is 0.387 e. The molecule has 0 radical (unpaired) electrons. The van der Waals surface area contributed by atoms with Crippen molar-refractivity contribution in [2.24, 2.45) is 0 Å². The van der Waals surface area contributed by atoms with Crippen LogP contribution < -0.4 is 10.1 Å². The van der Waals surface area contributed by atoms with Crippen molar-refractivity contribution in [2.75, 3.05) is 31.6 Å². The molecular weight excluding hydrogens is 498 g/mol. The molecule has 38 heavy (non-hydrogen) atoms. The summed E-state index contributed by atoms with van der Waals surface area (Å²) in [6.07, 6.45) is 4.81. The van der Waals surface area contributed by atoms with E-state index in [4.69, 9.17) is 4.74 Å². The number of anilines is 1. The summed E-state index contributed by atoms with van der Waals surface area (Å²) in [7, 11) is 0. The third-order valence-electron chi connectivity index (χ3n) is 6.07. The first-order valence-corrected chi connectivity index (χ1v) is 11.8. The molecule has 1 fully saturated rings. The van der Waals surface area contributed by atoms with Crippen molar-refractivity contribution in [3.63, 3.8) is 0 Å². The summed E-state index contributed by atoms with van der Waals surface area (Å²) in [6, 6.07) is 13.6. The maximum absolute atomic E-state index is 12.9. The molecule has 2 aromatic rings. The number of non-ortho nitro benzene ring substituents is 1. The van der Waals surface area contributed by atoms with Crippen molar-refractivity contribution >= 4 is 23.4 Å². The minimum atomic E-state index is -2.96. The summed E-state index contributed by atoms with van der Waals surface area (Å²) >= 11 is 0. The van der Waals surface area contributed by atoms with Crippen LogP contribution in [0.15, 0.2) is 77.0 Å². The molecule has 0 saturated carbocycles. The van der Waals surface area contributed by atoms with Crippen molar-refractivity contribution in [2.45, 2.75) is 19.5 Å². The number of morpholine rings is 1. The Kier molecular flexibility index (Phi) is 8.45. The number of alkyl halides is 2. The first-order chi connectivity index (χ1) is 18.3. The van der Waals surface area contributed by atoms with E-state index in [9.17, 15) is 29.0 Å². The summed E-state index contributed by atoms with van der Waals surface area (Å²) < 4.78 is 34.5. The quantitative estimate of drug-likeness (QED) is 0.223. The Balaban J connectivity index is 1.61. The minimum Gasteiger partial charge on any atom is -0.435 e. The van der Waals surface area contributed by atoms with Crippen molar-refractivity contribution in [1.82, 2.24) is 4.90 Å². The van der Waals surface area contributed by atoms with E-state index in [0.717, 1.165) is 22.4 Å². The number of nitrogens with one attached hydrogen (secondary N) is 1. The van der Waals surface area contributed by atoms with Crippen molar-refractivity contribution in [1.29, 1.82) is 5.26 Å². The van der Waals surface area contributed by atoms with Crippen LogP contribution in [0.5, 0.6) is 5.75 Å². The number of hydrogen-bond acceptors (Lipinski definition) is 7. The van der Waals surface area contributed by atoms with Gasteiger partial charge in [0.15, 0.2) is 0 Å². The number of nitro groups is 1. The number of allylic oxidation sites excluding steroid dienone is 3. The molecule has 1 N–H and O–H groups in total. The molecule has 0 aromatic heterocycles. The van der Waals surface area contributed by atoms with Crippen LogP contribution in [0.1, 0.15) is 18.4 Å². The monoisotopic (exact) mass is 522 g/mol. The van der Waals surface area contributed by atoms with E-state index in [-0.39, 0.29) is 17.0 Å². The number of rotatable bonds is 8. The highest BCUT2D eigenvalue weighted by molar-refractivity contribution is 6.07. The van der Waals surface area contributed by atoms with Crippen molar-refractivity contribution in [3.8, 4) is 11.8 Å². The largest absolute Gasteiger partial charge is 0.435 e. The van der Waals surface area contributed by atoms with Crippen LogP contribution in [0, 0.1) is 21.4 Å². The Morgan fingerprint density at radius 2 is 1.82 bits per heavy atom. The van der Waals surface area contributed by atoms with E-state index in [2.05, 4.69) is 15.0 Å². The van der Waals surface area contributed by atoms with Crippen LogP contribution in [0.2, 0.25) is 0 Å². The van der Waals surface area contributed by atoms with Crippen LogP contribution >= 0.6 is 0 Å². The summed E-state index contributed by atoms with van der Waals surface area (Å²) in [5.41, 5.74) is 3.78. The normalized spacial score (nSPS) is 17.1. The molecule has 4 rings (SSSR count). The molecule has 1 aliphatic heterocycles. The number of nitriles is 1. The Morgan fingerprint density at radius 1 is 1.13 bits per heavy atom. The Bertz CT molecular complexity index is 1320. The molecule has 11 heteroatoms. The van der Waals surface area contributed by atoms with Crippen LogP contribution in [-0.4, -0.2) is 48.6 Å². The highest BCUT2D eigenvalue weighted by atomic mass is 19.3. The zero-order valence-corrected chi connectivity index (χ0v) is 20.2. The molecule has 2 aromatic carbocycles. The van der Waals surface area contributed by atoms with Gasteiger partial charge in [-0.3, -0.25) is 14.9 Å². The van der Waals surface area contributed by atoms with E-state index in [1.54, 1.807) is 18.2 Å². The van der Waals surface area contributed by atoms with Crippen LogP contribution in [0.25, 0.3) is 6.08 Å². The lowest BCUT2D eigenvalue weighted by atomic mass is 10.1. The second-order valence-corrected chi connectivity index (χ2v) is 8.52. The molecule has 0 unspecified atom stereocenters. The minimum absolute atomic E-state index is 0.00648. The van der Waals surface area contributed by atoms with Crippen molar-refractivity contribution < 1.29 is 28.0 Å².